The minimum Gasteiger partial charge on any atom is -0.511 e. The first-order valence-corrected chi connectivity index (χ1v) is 13.6. The number of fused-ring (bicyclic) bond motifs is 4. The number of hydrogen-bond acceptors (Lipinski definition) is 9. The van der Waals surface area contributed by atoms with Gasteiger partial charge in [-0.25, -0.2) is 0 Å². The Morgan fingerprint density at radius 1 is 1.10 bits per heavy atom. The molecule has 0 saturated heterocycles. The predicted molar refractivity (Wildman–Crippen MR) is 147 cm³/mol. The smallest absolute Gasteiger partial charge is 0.255 e. The molecular formula is C31H33NO9. The molecule has 0 heterocycles. The maximum atomic E-state index is 14.2. The van der Waals surface area contributed by atoms with E-state index in [1.54, 1.807) is 0 Å². The van der Waals surface area contributed by atoms with Gasteiger partial charge in [-0.15, -0.1) is 0 Å². The van der Waals surface area contributed by atoms with E-state index in [0.29, 0.717) is 23.1 Å². The van der Waals surface area contributed by atoms with E-state index in [4.69, 9.17) is 15.2 Å². The van der Waals surface area contributed by atoms with Gasteiger partial charge in [0, 0.05) is 41.9 Å². The Morgan fingerprint density at radius 2 is 1.78 bits per heavy atom. The van der Waals surface area contributed by atoms with Gasteiger partial charge in [0.25, 0.3) is 5.91 Å². The largest absolute Gasteiger partial charge is 0.511 e. The molecule has 0 radical (unpaired) electrons. The highest BCUT2D eigenvalue weighted by atomic mass is 16.5. The number of ether oxygens (including phenoxy) is 2. The molecule has 2 aromatic carbocycles. The number of carbonyl (C=O) groups is 3. The first kappa shape index (κ1) is 27.3. The molecule has 2 aromatic rings. The average molecular weight is 564 g/mol. The predicted octanol–water partition coefficient (Wildman–Crippen LogP) is 3.32. The van der Waals surface area contributed by atoms with E-state index in [0.717, 1.165) is 24.0 Å². The lowest BCUT2D eigenvalue weighted by atomic mass is 9.54. The summed E-state index contributed by atoms with van der Waals surface area (Å²) in [6.07, 6.45) is 2.67. The van der Waals surface area contributed by atoms with E-state index >= 15 is 0 Å². The number of allylic oxidation sites excluding steroid dienone is 3. The van der Waals surface area contributed by atoms with Gasteiger partial charge in [-0.05, 0) is 42.7 Å². The molecule has 0 aromatic heterocycles. The summed E-state index contributed by atoms with van der Waals surface area (Å²) in [5.74, 6) is -6.25. The molecule has 0 unspecified atom stereocenters. The van der Waals surface area contributed by atoms with Crippen LogP contribution in [0.3, 0.4) is 0 Å². The van der Waals surface area contributed by atoms with Crippen LogP contribution < -0.4 is 10.5 Å². The summed E-state index contributed by atoms with van der Waals surface area (Å²) in [6.45, 7) is 6.36. The van der Waals surface area contributed by atoms with Crippen molar-refractivity contribution in [1.29, 1.82) is 0 Å². The van der Waals surface area contributed by atoms with Crippen molar-refractivity contribution in [3.8, 4) is 17.2 Å². The van der Waals surface area contributed by atoms with Crippen LogP contribution in [0.25, 0.3) is 10.8 Å². The van der Waals surface area contributed by atoms with Crippen LogP contribution in [0.5, 0.6) is 17.2 Å². The fourth-order valence-electron chi connectivity index (χ4n) is 8.35. The Hall–Kier alpha value is -3.89. The topological polar surface area (TPSA) is 177 Å². The number of aromatic hydroxyl groups is 2. The zero-order valence-electron chi connectivity index (χ0n) is 23.5. The van der Waals surface area contributed by atoms with E-state index in [1.165, 1.54) is 20.3 Å². The quantitative estimate of drug-likeness (QED) is 0.213. The number of Topliss-reactive ketones (excluding diaryl/α,β-unsaturated/α-hetero) is 2. The maximum absolute atomic E-state index is 14.2. The van der Waals surface area contributed by atoms with Crippen LogP contribution in [0.4, 0.5) is 0 Å². The van der Waals surface area contributed by atoms with Gasteiger partial charge >= 0.3 is 0 Å². The molecular weight excluding hydrogens is 530 g/mol. The molecule has 4 aliphatic carbocycles. The van der Waals surface area contributed by atoms with Gasteiger partial charge in [-0.2, -0.15) is 0 Å². The number of nitrogens with two attached hydrogens (primary N) is 1. The third-order valence-electron chi connectivity index (χ3n) is 10.3. The molecule has 1 amide bonds. The molecule has 6 N–H and O–H groups in total. The molecule has 41 heavy (non-hydrogen) atoms. The number of benzene rings is 2. The number of amides is 1. The lowest BCUT2D eigenvalue weighted by Crippen LogP contribution is -2.61. The number of primary amides is 1. The standard InChI is InChI=1S/C31H33NO9/c1-12-7-6-8-29(2,3)30(12)11-13-18-20(16(34)10-17(40-4)23(18)30)24(35)22-19(13)25(41-5)14-9-15(33)21(28(32)38)26(36)31(14,39)27(22)37/h7,10,14,25,33-35,39H,6,8-9,11H2,1-5H3,(H2,32,38)/t14-,25-,30+,31-/m1/s1. The number of carbonyl (C=O) groups excluding carboxylic acids is 3. The summed E-state index contributed by atoms with van der Waals surface area (Å²) in [4.78, 5) is 39.7. The van der Waals surface area contributed by atoms with Crippen LogP contribution in [0.15, 0.2) is 29.0 Å². The van der Waals surface area contributed by atoms with Gasteiger partial charge < -0.3 is 35.6 Å². The van der Waals surface area contributed by atoms with Crippen molar-refractivity contribution in [2.45, 2.75) is 63.6 Å². The summed E-state index contributed by atoms with van der Waals surface area (Å²) in [5, 5.41) is 45.9. The Labute approximate surface area is 236 Å². The number of aliphatic hydroxyl groups is 2. The van der Waals surface area contributed by atoms with Crippen molar-refractivity contribution in [3.63, 3.8) is 0 Å². The van der Waals surface area contributed by atoms with Gasteiger partial charge in [0.05, 0.1) is 24.2 Å². The molecule has 216 valence electrons. The zero-order valence-corrected chi connectivity index (χ0v) is 23.5. The Kier molecular flexibility index (Phi) is 5.54. The second-order valence-corrected chi connectivity index (χ2v) is 12.3. The number of phenolic OH excluding ortho intramolecular Hbond substituents is 2. The van der Waals surface area contributed by atoms with Crippen molar-refractivity contribution >= 4 is 28.2 Å². The Balaban J connectivity index is 1.77. The molecule has 1 spiro atoms. The molecule has 0 aliphatic heterocycles. The maximum Gasteiger partial charge on any atom is 0.255 e. The number of phenols is 2. The number of methoxy groups -OCH3 is 2. The third-order valence-corrected chi connectivity index (χ3v) is 10.3. The summed E-state index contributed by atoms with van der Waals surface area (Å²) in [7, 11) is 2.86. The van der Waals surface area contributed by atoms with Crippen LogP contribution in [-0.2, 0) is 26.2 Å². The Bertz CT molecular complexity index is 1680. The molecule has 6 rings (SSSR count). The lowest BCUT2D eigenvalue weighted by molar-refractivity contribution is -0.145. The van der Waals surface area contributed by atoms with Crippen LogP contribution in [0, 0.1) is 11.3 Å². The molecule has 10 nitrogen and oxygen atoms in total. The normalized spacial score (nSPS) is 30.0. The summed E-state index contributed by atoms with van der Waals surface area (Å²) in [6, 6.07) is 1.41. The van der Waals surface area contributed by atoms with E-state index < -0.39 is 64.0 Å². The highest BCUT2D eigenvalue weighted by molar-refractivity contribution is 6.33. The van der Waals surface area contributed by atoms with Crippen molar-refractivity contribution in [3.05, 3.63) is 51.3 Å². The summed E-state index contributed by atoms with van der Waals surface area (Å²) in [5.41, 5.74) is 3.07. The van der Waals surface area contributed by atoms with Crippen LogP contribution >= 0.6 is 0 Å². The summed E-state index contributed by atoms with van der Waals surface area (Å²) >= 11 is 0. The minimum atomic E-state index is -2.84. The van der Waals surface area contributed by atoms with Crippen molar-refractivity contribution in [2.24, 2.45) is 17.1 Å². The highest BCUT2D eigenvalue weighted by Gasteiger charge is 2.64. The molecule has 4 aliphatic rings. The number of aliphatic hydroxyl groups excluding tert-OH is 1. The van der Waals surface area contributed by atoms with E-state index in [9.17, 15) is 34.8 Å². The first-order valence-electron chi connectivity index (χ1n) is 13.6. The lowest BCUT2D eigenvalue weighted by Gasteiger charge is -2.49. The van der Waals surface area contributed by atoms with Crippen molar-refractivity contribution in [1.82, 2.24) is 0 Å². The van der Waals surface area contributed by atoms with Gasteiger partial charge in [0.15, 0.2) is 5.60 Å². The molecule has 10 heteroatoms. The molecule has 0 bridgehead atoms. The molecule has 0 saturated carbocycles. The van der Waals surface area contributed by atoms with Crippen LogP contribution in [-0.4, -0.2) is 57.7 Å². The van der Waals surface area contributed by atoms with Crippen LogP contribution in [0.1, 0.15) is 73.2 Å². The third kappa shape index (κ3) is 2.96. The van der Waals surface area contributed by atoms with E-state index in [2.05, 4.69) is 19.9 Å². The fourth-order valence-corrected chi connectivity index (χ4v) is 8.35. The first-order chi connectivity index (χ1) is 19.2. The second kappa shape index (κ2) is 8.33. The number of hydrogen-bond donors (Lipinski definition) is 5. The number of rotatable bonds is 3. The monoisotopic (exact) mass is 563 g/mol. The van der Waals surface area contributed by atoms with Crippen molar-refractivity contribution in [2.75, 3.05) is 14.2 Å². The van der Waals surface area contributed by atoms with Crippen molar-refractivity contribution < 1.29 is 44.3 Å². The van der Waals surface area contributed by atoms with Gasteiger partial charge in [0.2, 0.25) is 11.6 Å². The van der Waals surface area contributed by atoms with Crippen LogP contribution in [0.2, 0.25) is 0 Å². The fraction of sp³-hybridized carbons (Fsp3) is 0.452. The highest BCUT2D eigenvalue weighted by Crippen LogP contribution is 2.66. The van der Waals surface area contributed by atoms with Gasteiger partial charge in [-0.1, -0.05) is 25.5 Å². The number of ketones is 2. The van der Waals surface area contributed by atoms with E-state index in [-0.39, 0.29) is 27.7 Å². The zero-order chi connectivity index (χ0) is 30.0. The second-order valence-electron chi connectivity index (χ2n) is 12.3. The van der Waals surface area contributed by atoms with Gasteiger partial charge in [-0.3, -0.25) is 14.4 Å². The van der Waals surface area contributed by atoms with Gasteiger partial charge in [0.1, 0.15) is 28.6 Å². The van der Waals surface area contributed by atoms with E-state index in [1.807, 2.05) is 6.92 Å². The summed E-state index contributed by atoms with van der Waals surface area (Å²) < 4.78 is 11.7. The average Bonchev–Trinajstić information content (AvgIpc) is 3.26. The molecule has 4 atom stereocenters. The SMILES string of the molecule is COc1cc(O)c2c(O)c3c(c4c2c1[C@]1(C4)C(C)=CCCC1(C)C)[C@H](OC)[C@H]1CC(O)=C(C(N)=O)C(=O)[C@@]1(O)C3=O. The molecule has 0 fully saturated rings. The Morgan fingerprint density at radius 3 is 2.37 bits per heavy atom. The minimum absolute atomic E-state index is 0.00243.